The van der Waals surface area contributed by atoms with Crippen LogP contribution in [0.3, 0.4) is 0 Å². The van der Waals surface area contributed by atoms with Crippen molar-refractivity contribution in [3.05, 3.63) is 83.4 Å². The van der Waals surface area contributed by atoms with Gasteiger partial charge < -0.3 is 4.90 Å². The van der Waals surface area contributed by atoms with Crippen LogP contribution in [-0.4, -0.2) is 44.5 Å². The lowest BCUT2D eigenvalue weighted by Gasteiger charge is -2.21. The summed E-state index contributed by atoms with van der Waals surface area (Å²) in [6, 6.07) is 21.7. The number of nitriles is 1. The van der Waals surface area contributed by atoms with Gasteiger partial charge >= 0.3 is 0 Å². The van der Waals surface area contributed by atoms with Crippen LogP contribution in [-0.2, 0) is 6.42 Å². The van der Waals surface area contributed by atoms with Gasteiger partial charge in [-0.25, -0.2) is 15.0 Å². The van der Waals surface area contributed by atoms with Crippen molar-refractivity contribution in [3.63, 3.8) is 0 Å². The average Bonchev–Trinajstić information content (AvgIpc) is 3.63. The van der Waals surface area contributed by atoms with Crippen molar-refractivity contribution in [1.29, 1.82) is 5.26 Å². The van der Waals surface area contributed by atoms with Crippen LogP contribution in [0.2, 0.25) is 0 Å². The quantitative estimate of drug-likeness (QED) is 0.171. The van der Waals surface area contributed by atoms with Gasteiger partial charge in [-0.15, -0.1) is 5.10 Å². The maximum atomic E-state index is 13.7. The molecule has 0 saturated heterocycles. The first kappa shape index (κ1) is 31.0. The third kappa shape index (κ3) is 6.71. The number of thiazole rings is 1. The fraction of sp³-hybridized carbons (Fsp3) is 0.371. The topological polar surface area (TPSA) is 100 Å². The summed E-state index contributed by atoms with van der Waals surface area (Å²) >= 11 is 1.53. The molecule has 2 aromatic carbocycles. The molecule has 0 fully saturated rings. The molecule has 2 aromatic heterocycles. The Labute approximate surface area is 263 Å². The van der Waals surface area contributed by atoms with Gasteiger partial charge in [0.25, 0.3) is 5.91 Å². The van der Waals surface area contributed by atoms with E-state index in [1.54, 1.807) is 0 Å². The smallest absolute Gasteiger partial charge is 0.291 e. The molecule has 4 aromatic rings. The summed E-state index contributed by atoms with van der Waals surface area (Å²) < 4.78 is 1.25. The van der Waals surface area contributed by atoms with E-state index >= 15 is 0 Å². The van der Waals surface area contributed by atoms with E-state index in [0.29, 0.717) is 34.4 Å². The highest BCUT2D eigenvalue weighted by molar-refractivity contribution is 7.19. The second kappa shape index (κ2) is 13.5. The second-order valence-electron chi connectivity index (χ2n) is 12.2. The number of anilines is 1. The number of carbonyl (C=O) groups excluding carboxylic acids is 1. The van der Waals surface area contributed by atoms with Crippen molar-refractivity contribution in [2.75, 3.05) is 18.0 Å². The fourth-order valence-electron chi connectivity index (χ4n) is 5.14. The molecule has 226 valence electrons. The molecular weight excluding hydrogens is 567 g/mol. The molecule has 5 rings (SSSR count). The van der Waals surface area contributed by atoms with Crippen molar-refractivity contribution in [2.24, 2.45) is 10.4 Å². The Morgan fingerprint density at radius 2 is 1.55 bits per heavy atom. The maximum Gasteiger partial charge on any atom is 0.291 e. The molecule has 8 nitrogen and oxygen atoms in total. The Balaban J connectivity index is 1.76. The maximum absolute atomic E-state index is 13.7. The van der Waals surface area contributed by atoms with Crippen LogP contribution in [0.1, 0.15) is 82.3 Å². The molecule has 0 amide bonds. The minimum atomic E-state index is -0.494. The predicted molar refractivity (Wildman–Crippen MR) is 179 cm³/mol. The van der Waals surface area contributed by atoms with Gasteiger partial charge in [-0.2, -0.15) is 9.94 Å². The van der Waals surface area contributed by atoms with Crippen molar-refractivity contribution >= 4 is 38.7 Å². The third-order valence-electron chi connectivity index (χ3n) is 7.31. The standard InChI is InChI=1S/C35H39N7OS/c1-6-8-20-41(21-9-7-2)34-39-29(25-18-14-11-15-19-25)32(44-34)38-30-28(24-16-12-10-13-17-24)26(23-36)33(43)42-31(30)37-27(40-42)22-35(3,4)5/h10-19H,6-9,20-22H2,1-5H3. The van der Waals surface area contributed by atoms with Crippen molar-refractivity contribution in [1.82, 2.24) is 19.7 Å². The van der Waals surface area contributed by atoms with Crippen LogP contribution in [0.5, 0.6) is 0 Å². The summed E-state index contributed by atoms with van der Waals surface area (Å²) in [5.74, 6) is 0.389. The Morgan fingerprint density at radius 3 is 2.11 bits per heavy atom. The number of rotatable bonds is 11. The molecule has 0 saturated carbocycles. The van der Waals surface area contributed by atoms with E-state index in [0.717, 1.165) is 60.7 Å². The second-order valence-corrected chi connectivity index (χ2v) is 13.2. The first-order valence-electron chi connectivity index (χ1n) is 15.3. The van der Waals surface area contributed by atoms with Gasteiger partial charge in [0.15, 0.2) is 16.8 Å². The van der Waals surface area contributed by atoms with Crippen LogP contribution in [0.25, 0.3) is 16.8 Å². The molecular formula is C35H39N7OS. The Bertz CT molecular complexity index is 1710. The van der Waals surface area contributed by atoms with Gasteiger partial charge in [0.1, 0.15) is 28.0 Å². The van der Waals surface area contributed by atoms with Gasteiger partial charge in [0, 0.05) is 30.6 Å². The zero-order chi connectivity index (χ0) is 31.3. The summed E-state index contributed by atoms with van der Waals surface area (Å²) in [6.45, 7) is 12.5. The summed E-state index contributed by atoms with van der Waals surface area (Å²) in [4.78, 5) is 31.3. The van der Waals surface area contributed by atoms with Crippen LogP contribution >= 0.6 is 11.3 Å². The number of hydrogen-bond donors (Lipinski definition) is 0. The zero-order valence-corrected chi connectivity index (χ0v) is 27.0. The first-order chi connectivity index (χ1) is 21.2. The fourth-order valence-corrected chi connectivity index (χ4v) is 6.15. The monoisotopic (exact) mass is 605 g/mol. The molecule has 0 bridgehead atoms. The van der Waals surface area contributed by atoms with E-state index in [-0.39, 0.29) is 11.0 Å². The highest BCUT2D eigenvalue weighted by Gasteiger charge is 2.36. The van der Waals surface area contributed by atoms with Crippen molar-refractivity contribution in [2.45, 2.75) is 66.7 Å². The van der Waals surface area contributed by atoms with Crippen LogP contribution in [0, 0.1) is 16.7 Å². The van der Waals surface area contributed by atoms with Crippen LogP contribution < -0.4 is 4.90 Å². The molecule has 0 atom stereocenters. The van der Waals surface area contributed by atoms with Crippen molar-refractivity contribution in [3.8, 4) is 17.3 Å². The Kier molecular flexibility index (Phi) is 9.50. The van der Waals surface area contributed by atoms with Gasteiger partial charge in [0.2, 0.25) is 0 Å². The van der Waals surface area contributed by atoms with E-state index < -0.39 is 5.91 Å². The lowest BCUT2D eigenvalue weighted by atomic mass is 9.92. The number of aliphatic imine (C=N–C) groups is 1. The number of aromatic nitrogens is 4. The first-order valence-corrected chi connectivity index (χ1v) is 16.2. The summed E-state index contributed by atoms with van der Waals surface area (Å²) in [7, 11) is 0. The van der Waals surface area contributed by atoms with E-state index in [4.69, 9.17) is 15.0 Å². The minimum absolute atomic E-state index is 0.00632. The lowest BCUT2D eigenvalue weighted by Crippen LogP contribution is -2.28. The summed E-state index contributed by atoms with van der Waals surface area (Å²) in [6.07, 6.45) is 4.90. The van der Waals surface area contributed by atoms with E-state index in [9.17, 15) is 10.1 Å². The number of hydrogen-bond acceptors (Lipinski definition) is 8. The highest BCUT2D eigenvalue weighted by Crippen LogP contribution is 2.42. The predicted octanol–water partition coefficient (Wildman–Crippen LogP) is 8.15. The largest absolute Gasteiger partial charge is 0.348 e. The van der Waals surface area contributed by atoms with Gasteiger partial charge in [-0.3, -0.25) is 4.79 Å². The van der Waals surface area contributed by atoms with Crippen LogP contribution in [0.4, 0.5) is 10.1 Å². The number of benzene rings is 2. The molecule has 0 aliphatic carbocycles. The molecule has 3 heterocycles. The van der Waals surface area contributed by atoms with Gasteiger partial charge in [-0.05, 0) is 23.8 Å². The summed E-state index contributed by atoms with van der Waals surface area (Å²) in [5.41, 5.74) is 3.24. The number of nitrogens with zero attached hydrogens (tertiary/aromatic N) is 7. The Hall–Kier alpha value is -4.42. The molecule has 0 radical (unpaired) electrons. The Morgan fingerprint density at radius 1 is 0.932 bits per heavy atom. The average molecular weight is 606 g/mol. The van der Waals surface area contributed by atoms with Crippen molar-refractivity contribution < 1.29 is 4.79 Å². The van der Waals surface area contributed by atoms with E-state index in [1.165, 1.54) is 16.0 Å². The molecule has 0 unspecified atom stereocenters. The zero-order valence-electron chi connectivity index (χ0n) is 26.2. The number of allylic oxidation sites excluding steroid dienone is 2. The highest BCUT2D eigenvalue weighted by atomic mass is 32.1. The lowest BCUT2D eigenvalue weighted by molar-refractivity contribution is 0.0943. The molecule has 9 heteroatoms. The molecule has 44 heavy (non-hydrogen) atoms. The molecule has 0 N–H and O–H groups in total. The number of fused-ring (bicyclic) bond motifs is 1. The molecule has 0 spiro atoms. The van der Waals surface area contributed by atoms with Crippen LogP contribution in [0.15, 0.2) is 71.2 Å². The molecule has 1 aliphatic heterocycles. The van der Waals surface area contributed by atoms with E-state index in [2.05, 4.69) is 50.7 Å². The van der Waals surface area contributed by atoms with E-state index in [1.807, 2.05) is 60.7 Å². The number of carbonyl (C=O) groups is 1. The van der Waals surface area contributed by atoms with Gasteiger partial charge in [-0.1, -0.05) is 119 Å². The SMILES string of the molecule is CCCCN(CCCC)c1nc(-c2ccccc2)c(N=C2C(c3ccccc3)=C(C#N)C(=O)n3nc(CC(C)(C)C)nc32)s1. The molecule has 1 aliphatic rings. The third-order valence-corrected chi connectivity index (χ3v) is 8.32. The van der Waals surface area contributed by atoms with Gasteiger partial charge in [0.05, 0.1) is 0 Å². The number of unbranched alkanes of at least 4 members (excludes halogenated alkanes) is 2. The minimum Gasteiger partial charge on any atom is -0.348 e. The summed E-state index contributed by atoms with van der Waals surface area (Å²) in [5, 5.41) is 16.5. The normalized spacial score (nSPS) is 14.2.